The average molecular weight is 425 g/mol. The van der Waals surface area contributed by atoms with Gasteiger partial charge in [0.05, 0.1) is 38.5 Å². The number of nitrogens with zero attached hydrogens (tertiary/aromatic N) is 3. The van der Waals surface area contributed by atoms with Crippen LogP contribution >= 0.6 is 23.2 Å². The van der Waals surface area contributed by atoms with E-state index in [9.17, 15) is 4.79 Å². The van der Waals surface area contributed by atoms with E-state index in [1.165, 1.54) is 12.6 Å². The summed E-state index contributed by atoms with van der Waals surface area (Å²) < 4.78 is 5.28. The van der Waals surface area contributed by atoms with Crippen LogP contribution in [-0.4, -0.2) is 20.9 Å². The molecular weight excluding hydrogens is 413 g/mol. The summed E-state index contributed by atoms with van der Waals surface area (Å²) in [5.41, 5.74) is 4.28. The fraction of sp³-hybridized carbons (Fsp3) is 0.0500. The first kappa shape index (κ1) is 17.8. The molecule has 5 rings (SSSR count). The van der Waals surface area contributed by atoms with Crippen LogP contribution in [0.25, 0.3) is 22.8 Å². The number of hydrogen-bond acceptors (Lipinski definition) is 5. The fourth-order valence-corrected chi connectivity index (χ4v) is 3.79. The highest BCUT2D eigenvalue weighted by molar-refractivity contribution is 6.39. The van der Waals surface area contributed by atoms with Crippen molar-refractivity contribution in [2.75, 3.05) is 5.32 Å². The Labute approximate surface area is 174 Å². The summed E-state index contributed by atoms with van der Waals surface area (Å²) in [6, 6.07) is 7.11. The first-order valence-corrected chi connectivity index (χ1v) is 9.38. The standard InChI is InChI=1S/C20H12Cl2N5O2/c1-9-5-14-18(27-20(25-14)26-17-11(21)3-2-4-12(17)22)16-10(9)6-13(24-19(16)28)15-7-23-8-29-15/h2-8H,1H3,(H2,25,26,27). The van der Waals surface area contributed by atoms with Crippen molar-refractivity contribution in [2.24, 2.45) is 0 Å². The quantitative estimate of drug-likeness (QED) is 0.472. The lowest BCUT2D eigenvalue weighted by atomic mass is 9.95. The van der Waals surface area contributed by atoms with Crippen LogP contribution in [-0.2, 0) is 0 Å². The number of para-hydroxylation sites is 1. The number of benzene rings is 2. The third-order valence-electron chi connectivity index (χ3n) is 4.64. The molecule has 1 amide bonds. The molecule has 2 aromatic heterocycles. The zero-order chi connectivity index (χ0) is 20.1. The molecule has 0 saturated heterocycles. The smallest absolute Gasteiger partial charge is 0.280 e. The van der Waals surface area contributed by atoms with Gasteiger partial charge in [0, 0.05) is 0 Å². The summed E-state index contributed by atoms with van der Waals surface area (Å²) in [5, 5.41) is 8.17. The van der Waals surface area contributed by atoms with Crippen LogP contribution < -0.4 is 10.6 Å². The first-order valence-electron chi connectivity index (χ1n) is 8.62. The number of rotatable bonds is 3. The number of aromatic amines is 1. The lowest BCUT2D eigenvalue weighted by Gasteiger charge is -2.16. The Morgan fingerprint density at radius 2 is 2.00 bits per heavy atom. The Morgan fingerprint density at radius 1 is 1.21 bits per heavy atom. The summed E-state index contributed by atoms with van der Waals surface area (Å²) in [4.78, 5) is 24.4. The summed E-state index contributed by atoms with van der Waals surface area (Å²) in [6.45, 7) is 1.91. The highest BCUT2D eigenvalue weighted by Gasteiger charge is 2.27. The number of halogens is 2. The van der Waals surface area contributed by atoms with Gasteiger partial charge in [-0.2, -0.15) is 0 Å². The predicted octanol–water partition coefficient (Wildman–Crippen LogP) is 5.17. The van der Waals surface area contributed by atoms with Crippen LogP contribution in [0.3, 0.4) is 0 Å². The molecule has 9 heteroatoms. The first-order chi connectivity index (χ1) is 14.0. The number of nitrogens with one attached hydrogen (secondary N) is 2. The van der Waals surface area contributed by atoms with Gasteiger partial charge in [-0.3, -0.25) is 4.79 Å². The third-order valence-corrected chi connectivity index (χ3v) is 5.27. The molecule has 0 saturated carbocycles. The van der Waals surface area contributed by atoms with Crippen molar-refractivity contribution in [3.8, 4) is 0 Å². The molecule has 0 unspecified atom stereocenters. The number of carbonyl (C=O) groups excluding carboxylic acids is 1. The molecule has 1 aliphatic heterocycles. The van der Waals surface area contributed by atoms with Gasteiger partial charge in [-0.25, -0.2) is 15.3 Å². The lowest BCUT2D eigenvalue weighted by molar-refractivity contribution is 0.0969. The van der Waals surface area contributed by atoms with Crippen LogP contribution in [0, 0.1) is 6.92 Å². The monoisotopic (exact) mass is 424 g/mol. The topological polar surface area (TPSA) is 97.9 Å². The van der Waals surface area contributed by atoms with Crippen molar-refractivity contribution < 1.29 is 9.21 Å². The molecule has 143 valence electrons. The van der Waals surface area contributed by atoms with Gasteiger partial charge in [0.2, 0.25) is 5.95 Å². The number of fused-ring (bicyclic) bond motifs is 3. The van der Waals surface area contributed by atoms with Crippen molar-refractivity contribution in [1.29, 1.82) is 0 Å². The summed E-state index contributed by atoms with van der Waals surface area (Å²) in [6.07, 6.45) is 4.63. The Balaban J connectivity index is 1.64. The fourth-order valence-electron chi connectivity index (χ4n) is 3.30. The zero-order valence-corrected chi connectivity index (χ0v) is 16.5. The molecule has 0 atom stereocenters. The minimum absolute atomic E-state index is 0.381. The van der Waals surface area contributed by atoms with Crippen LogP contribution in [0.2, 0.25) is 10.0 Å². The van der Waals surface area contributed by atoms with E-state index in [-0.39, 0.29) is 5.91 Å². The van der Waals surface area contributed by atoms with Crippen molar-refractivity contribution in [2.45, 2.75) is 6.92 Å². The molecule has 0 aliphatic carbocycles. The van der Waals surface area contributed by atoms with E-state index in [4.69, 9.17) is 27.6 Å². The number of H-pyrrole nitrogens is 1. The van der Waals surface area contributed by atoms with Gasteiger partial charge in [-0.15, -0.1) is 0 Å². The Kier molecular flexibility index (Phi) is 4.08. The SMILES string of the molecule is Cc1cc2nc(Nc3c(Cl)cccc3Cl)[nH]c2c2c1C=C(c1cnco1)[N]C2=O. The van der Waals surface area contributed by atoms with Gasteiger partial charge in [0.1, 0.15) is 5.70 Å². The maximum absolute atomic E-state index is 12.9. The van der Waals surface area contributed by atoms with E-state index in [1.54, 1.807) is 18.2 Å². The summed E-state index contributed by atoms with van der Waals surface area (Å²) in [5.74, 6) is 0.470. The van der Waals surface area contributed by atoms with E-state index in [0.29, 0.717) is 49.7 Å². The van der Waals surface area contributed by atoms with Crippen molar-refractivity contribution in [3.05, 3.63) is 69.4 Å². The van der Waals surface area contributed by atoms with Gasteiger partial charge in [-0.05, 0) is 42.3 Å². The Morgan fingerprint density at radius 3 is 2.72 bits per heavy atom. The van der Waals surface area contributed by atoms with Gasteiger partial charge in [-0.1, -0.05) is 29.3 Å². The lowest BCUT2D eigenvalue weighted by Crippen LogP contribution is -2.20. The Bertz CT molecular complexity index is 1290. The van der Waals surface area contributed by atoms with Crippen molar-refractivity contribution >= 4 is 63.6 Å². The number of oxazole rings is 1. The van der Waals surface area contributed by atoms with Crippen LogP contribution in [0.4, 0.5) is 11.6 Å². The molecule has 2 aromatic carbocycles. The zero-order valence-electron chi connectivity index (χ0n) is 15.0. The van der Waals surface area contributed by atoms with Gasteiger partial charge in [0.25, 0.3) is 5.91 Å². The molecule has 1 aliphatic rings. The van der Waals surface area contributed by atoms with E-state index in [2.05, 4.69) is 25.6 Å². The molecule has 3 heterocycles. The highest BCUT2D eigenvalue weighted by atomic mass is 35.5. The normalized spacial score (nSPS) is 13.2. The molecule has 0 bridgehead atoms. The number of aromatic nitrogens is 3. The number of amides is 1. The molecule has 1 radical (unpaired) electrons. The number of anilines is 2. The maximum Gasteiger partial charge on any atom is 0.280 e. The van der Waals surface area contributed by atoms with E-state index >= 15 is 0 Å². The minimum Gasteiger partial charge on any atom is -0.442 e. The Hall–Kier alpha value is -3.29. The number of hydrogen-bond donors (Lipinski definition) is 2. The van der Waals surface area contributed by atoms with Gasteiger partial charge in [0.15, 0.2) is 12.2 Å². The van der Waals surface area contributed by atoms with Gasteiger partial charge < -0.3 is 14.7 Å². The largest absolute Gasteiger partial charge is 0.442 e. The minimum atomic E-state index is -0.381. The molecule has 7 nitrogen and oxygen atoms in total. The second-order valence-corrected chi connectivity index (χ2v) is 7.31. The number of carbonyl (C=O) groups is 1. The second-order valence-electron chi connectivity index (χ2n) is 6.50. The molecule has 0 spiro atoms. The molecular formula is C20H12Cl2N5O2. The van der Waals surface area contributed by atoms with Crippen LogP contribution in [0.1, 0.15) is 27.2 Å². The van der Waals surface area contributed by atoms with E-state index in [0.717, 1.165) is 11.1 Å². The summed E-state index contributed by atoms with van der Waals surface area (Å²) in [7, 11) is 0. The molecule has 0 fully saturated rings. The second kappa shape index (κ2) is 6.65. The summed E-state index contributed by atoms with van der Waals surface area (Å²) >= 11 is 12.5. The average Bonchev–Trinajstić information content (AvgIpc) is 3.34. The number of imidazole rings is 1. The van der Waals surface area contributed by atoms with Crippen molar-refractivity contribution in [3.63, 3.8) is 0 Å². The van der Waals surface area contributed by atoms with E-state index in [1.807, 2.05) is 19.1 Å². The molecule has 2 N–H and O–H groups in total. The van der Waals surface area contributed by atoms with Crippen LogP contribution in [0.5, 0.6) is 0 Å². The maximum atomic E-state index is 12.9. The molecule has 4 aromatic rings. The molecule has 29 heavy (non-hydrogen) atoms. The van der Waals surface area contributed by atoms with Gasteiger partial charge >= 0.3 is 0 Å². The van der Waals surface area contributed by atoms with Crippen molar-refractivity contribution in [1.82, 2.24) is 20.3 Å². The van der Waals surface area contributed by atoms with Crippen LogP contribution in [0.15, 0.2) is 41.3 Å². The highest BCUT2D eigenvalue weighted by Crippen LogP contribution is 2.35. The van der Waals surface area contributed by atoms with E-state index < -0.39 is 0 Å². The number of aryl methyl sites for hydroxylation is 1. The third kappa shape index (κ3) is 2.95. The predicted molar refractivity (Wildman–Crippen MR) is 111 cm³/mol.